The summed E-state index contributed by atoms with van der Waals surface area (Å²) < 4.78 is 0. The topological polar surface area (TPSA) is 61.4 Å². The molecule has 0 aliphatic heterocycles. The molecule has 0 heterocycles. The highest BCUT2D eigenvalue weighted by atomic mass is 35.5. The molecule has 1 aromatic rings. The smallest absolute Gasteiger partial charge is 0.404 e. The zero-order valence-corrected chi connectivity index (χ0v) is 13.2. The van der Waals surface area contributed by atoms with E-state index in [1.807, 2.05) is 6.07 Å². The fourth-order valence-corrected chi connectivity index (χ4v) is 4.55. The zero-order valence-electron chi connectivity index (χ0n) is 12.4. The van der Waals surface area contributed by atoms with Crippen molar-refractivity contribution in [3.05, 3.63) is 34.3 Å². The molecule has 4 nitrogen and oxygen atoms in total. The maximum absolute atomic E-state index is 10.5. The zero-order chi connectivity index (χ0) is 15.3. The molecule has 3 aliphatic carbocycles. The van der Waals surface area contributed by atoms with Crippen molar-refractivity contribution in [1.29, 1.82) is 0 Å². The van der Waals surface area contributed by atoms with Crippen LogP contribution in [0.1, 0.15) is 36.8 Å². The molecule has 3 N–H and O–H groups in total. The number of nitrogens with one attached hydrogen (secondary N) is 2. The Labute approximate surface area is 135 Å². The van der Waals surface area contributed by atoms with Crippen molar-refractivity contribution in [2.24, 2.45) is 5.92 Å². The maximum Gasteiger partial charge on any atom is 0.404 e. The van der Waals surface area contributed by atoms with Gasteiger partial charge < -0.3 is 15.7 Å². The second-order valence-corrected chi connectivity index (χ2v) is 7.54. The number of fused-ring (bicyclic) bond motifs is 2. The summed E-state index contributed by atoms with van der Waals surface area (Å²) in [7, 11) is 0. The summed E-state index contributed by atoms with van der Waals surface area (Å²) in [5.41, 5.74) is 3.25. The Kier molecular flexibility index (Phi) is 3.35. The molecular weight excluding hydrogens is 300 g/mol. The van der Waals surface area contributed by atoms with Gasteiger partial charge in [-0.25, -0.2) is 4.79 Å². The number of aryl methyl sites for hydroxylation is 1. The van der Waals surface area contributed by atoms with Gasteiger partial charge in [-0.15, -0.1) is 0 Å². The molecule has 22 heavy (non-hydrogen) atoms. The van der Waals surface area contributed by atoms with Gasteiger partial charge in [0.25, 0.3) is 0 Å². The molecule has 2 saturated carbocycles. The first-order valence-electron chi connectivity index (χ1n) is 8.08. The Hall–Kier alpha value is -1.26. The molecule has 3 aliphatic rings. The van der Waals surface area contributed by atoms with Crippen LogP contribution in [0.25, 0.3) is 0 Å². The lowest BCUT2D eigenvalue weighted by Crippen LogP contribution is -2.47. The molecule has 2 fully saturated rings. The van der Waals surface area contributed by atoms with Crippen LogP contribution >= 0.6 is 11.6 Å². The van der Waals surface area contributed by atoms with E-state index in [0.29, 0.717) is 30.0 Å². The average Bonchev–Trinajstić information content (AvgIpc) is 3.01. The molecule has 5 heteroatoms. The average molecular weight is 321 g/mol. The predicted molar refractivity (Wildman–Crippen MR) is 85.5 cm³/mol. The van der Waals surface area contributed by atoms with Crippen LogP contribution in [0.15, 0.2) is 18.2 Å². The largest absolute Gasteiger partial charge is 0.465 e. The standard InChI is InChI=1S/C17H21ClN2O2/c18-12-2-1-11-3-4-17(14(11)7-12)8-15(17)20-13-5-10(6-13)9-19-16(21)22/h1-2,7,10,13,15,19-20H,3-6,8-9H2,(H,21,22). The van der Waals surface area contributed by atoms with Gasteiger partial charge in [0.2, 0.25) is 0 Å². The summed E-state index contributed by atoms with van der Waals surface area (Å²) in [6, 6.07) is 7.46. The molecular formula is C17H21ClN2O2. The van der Waals surface area contributed by atoms with E-state index in [4.69, 9.17) is 16.7 Å². The second-order valence-electron chi connectivity index (χ2n) is 7.10. The minimum atomic E-state index is -0.919. The predicted octanol–water partition coefficient (Wildman–Crippen LogP) is 2.93. The molecule has 0 saturated heterocycles. The van der Waals surface area contributed by atoms with Crippen LogP contribution in [-0.4, -0.2) is 29.8 Å². The van der Waals surface area contributed by atoms with Crippen LogP contribution in [0, 0.1) is 5.92 Å². The van der Waals surface area contributed by atoms with E-state index in [1.165, 1.54) is 30.4 Å². The Balaban J connectivity index is 1.32. The first kappa shape index (κ1) is 14.3. The molecule has 1 amide bonds. The summed E-state index contributed by atoms with van der Waals surface area (Å²) in [6.07, 6.45) is 4.86. The third kappa shape index (κ3) is 2.38. The van der Waals surface area contributed by atoms with Gasteiger partial charge in [-0.2, -0.15) is 0 Å². The fourth-order valence-electron chi connectivity index (χ4n) is 4.37. The van der Waals surface area contributed by atoms with E-state index in [1.54, 1.807) is 0 Å². The fraction of sp³-hybridized carbons (Fsp3) is 0.588. The third-order valence-electron chi connectivity index (χ3n) is 5.74. The maximum atomic E-state index is 10.5. The van der Waals surface area contributed by atoms with Crippen molar-refractivity contribution in [1.82, 2.24) is 10.6 Å². The molecule has 118 valence electrons. The SMILES string of the molecule is O=C(O)NCC1CC(NC2CC23CCc2ccc(Cl)cc23)C1. The highest BCUT2D eigenvalue weighted by Gasteiger charge is 2.58. The van der Waals surface area contributed by atoms with Gasteiger partial charge in [-0.05, 0) is 61.3 Å². The molecule has 1 aromatic carbocycles. The Morgan fingerprint density at radius 2 is 2.23 bits per heavy atom. The number of benzene rings is 1. The summed E-state index contributed by atoms with van der Waals surface area (Å²) >= 11 is 6.17. The third-order valence-corrected chi connectivity index (χ3v) is 5.97. The van der Waals surface area contributed by atoms with Crippen molar-refractivity contribution in [3.8, 4) is 0 Å². The van der Waals surface area contributed by atoms with Crippen LogP contribution in [0.2, 0.25) is 5.02 Å². The second kappa shape index (κ2) is 5.14. The Morgan fingerprint density at radius 1 is 1.41 bits per heavy atom. The number of hydrogen-bond acceptors (Lipinski definition) is 2. The van der Waals surface area contributed by atoms with Crippen molar-refractivity contribution < 1.29 is 9.90 Å². The number of hydrogen-bond donors (Lipinski definition) is 3. The van der Waals surface area contributed by atoms with Gasteiger partial charge in [0.05, 0.1) is 0 Å². The van der Waals surface area contributed by atoms with E-state index in [-0.39, 0.29) is 0 Å². The van der Waals surface area contributed by atoms with Gasteiger partial charge in [0, 0.05) is 29.1 Å². The first-order chi connectivity index (χ1) is 10.6. The normalized spacial score (nSPS) is 35.0. The van der Waals surface area contributed by atoms with Crippen LogP contribution < -0.4 is 10.6 Å². The lowest BCUT2D eigenvalue weighted by molar-refractivity contribution is 0.177. The van der Waals surface area contributed by atoms with Gasteiger partial charge in [0.1, 0.15) is 0 Å². The number of carbonyl (C=O) groups is 1. The van der Waals surface area contributed by atoms with Crippen LogP contribution in [0.3, 0.4) is 0 Å². The van der Waals surface area contributed by atoms with E-state index in [9.17, 15) is 4.79 Å². The summed E-state index contributed by atoms with van der Waals surface area (Å²) in [4.78, 5) is 10.5. The van der Waals surface area contributed by atoms with Gasteiger partial charge in [-0.1, -0.05) is 17.7 Å². The summed E-state index contributed by atoms with van der Waals surface area (Å²) in [5.74, 6) is 0.494. The summed E-state index contributed by atoms with van der Waals surface area (Å²) in [6.45, 7) is 0.585. The lowest BCUT2D eigenvalue weighted by Gasteiger charge is -2.36. The van der Waals surface area contributed by atoms with Gasteiger partial charge >= 0.3 is 6.09 Å². The van der Waals surface area contributed by atoms with E-state index < -0.39 is 6.09 Å². The highest BCUT2D eigenvalue weighted by molar-refractivity contribution is 6.30. The van der Waals surface area contributed by atoms with Crippen LogP contribution in [0.5, 0.6) is 0 Å². The van der Waals surface area contributed by atoms with E-state index >= 15 is 0 Å². The Bertz CT molecular complexity index is 615. The highest BCUT2D eigenvalue weighted by Crippen LogP contribution is 2.57. The molecule has 0 bridgehead atoms. The van der Waals surface area contributed by atoms with E-state index in [0.717, 1.165) is 17.9 Å². The van der Waals surface area contributed by atoms with Crippen molar-refractivity contribution in [2.45, 2.75) is 49.6 Å². The number of halogens is 1. The molecule has 0 radical (unpaired) electrons. The van der Waals surface area contributed by atoms with Crippen molar-refractivity contribution >= 4 is 17.7 Å². The minimum absolute atomic E-state index is 0.324. The van der Waals surface area contributed by atoms with Crippen molar-refractivity contribution in [2.75, 3.05) is 6.54 Å². The lowest BCUT2D eigenvalue weighted by atomic mass is 9.80. The minimum Gasteiger partial charge on any atom is -0.465 e. The number of rotatable bonds is 4. The quantitative estimate of drug-likeness (QED) is 0.799. The molecule has 1 spiro atoms. The van der Waals surface area contributed by atoms with Gasteiger partial charge in [0.15, 0.2) is 0 Å². The monoisotopic (exact) mass is 320 g/mol. The van der Waals surface area contributed by atoms with Crippen molar-refractivity contribution in [3.63, 3.8) is 0 Å². The van der Waals surface area contributed by atoms with E-state index in [2.05, 4.69) is 22.8 Å². The van der Waals surface area contributed by atoms with Gasteiger partial charge in [-0.3, -0.25) is 0 Å². The van der Waals surface area contributed by atoms with Crippen LogP contribution in [-0.2, 0) is 11.8 Å². The number of amides is 1. The summed E-state index contributed by atoms with van der Waals surface area (Å²) in [5, 5.41) is 15.7. The first-order valence-corrected chi connectivity index (χ1v) is 8.46. The van der Waals surface area contributed by atoms with Crippen LogP contribution in [0.4, 0.5) is 4.79 Å². The number of carboxylic acid groups (broad SMARTS) is 1. The molecule has 4 rings (SSSR count). The molecule has 2 unspecified atom stereocenters. The molecule has 0 aromatic heterocycles. The molecule has 2 atom stereocenters. The Morgan fingerprint density at radius 3 is 3.00 bits per heavy atom.